The van der Waals surface area contributed by atoms with Crippen LogP contribution in [0.25, 0.3) is 0 Å². The van der Waals surface area contributed by atoms with Crippen molar-refractivity contribution in [3.05, 3.63) is 47.6 Å². The summed E-state index contributed by atoms with van der Waals surface area (Å²) in [5.41, 5.74) is 2.95. The molecular formula is C17H23NO. The number of piperidine rings is 1. The lowest BCUT2D eigenvalue weighted by Crippen LogP contribution is -2.59. The molecule has 2 nitrogen and oxygen atoms in total. The first-order valence-corrected chi connectivity index (χ1v) is 7.41. The number of fused-ring (bicyclic) bond motifs is 4. The second-order valence-corrected chi connectivity index (χ2v) is 5.70. The van der Waals surface area contributed by atoms with Crippen molar-refractivity contribution in [1.29, 1.82) is 0 Å². The number of hydrogen-bond donors (Lipinski definition) is 0. The Morgan fingerprint density at radius 1 is 1.21 bits per heavy atom. The molecule has 2 bridgehead atoms. The number of rotatable bonds is 2. The van der Waals surface area contributed by atoms with Crippen LogP contribution in [0.4, 0.5) is 0 Å². The normalized spacial score (nSPS) is 40.7. The van der Waals surface area contributed by atoms with Gasteiger partial charge in [-0.2, -0.15) is 0 Å². The highest BCUT2D eigenvalue weighted by atomic mass is 16.5. The van der Waals surface area contributed by atoms with Gasteiger partial charge in [0.2, 0.25) is 0 Å². The predicted octanol–water partition coefficient (Wildman–Crippen LogP) is 3.24. The van der Waals surface area contributed by atoms with E-state index in [4.69, 9.17) is 4.74 Å². The smallest absolute Gasteiger partial charge is 0.0664 e. The van der Waals surface area contributed by atoms with Crippen molar-refractivity contribution >= 4 is 0 Å². The van der Waals surface area contributed by atoms with Crippen LogP contribution in [0.15, 0.2) is 47.6 Å². The maximum atomic E-state index is 5.83. The fourth-order valence-electron chi connectivity index (χ4n) is 3.46. The molecule has 0 spiro atoms. The van der Waals surface area contributed by atoms with Gasteiger partial charge in [-0.3, -0.25) is 4.90 Å². The molecule has 0 aromatic heterocycles. The Labute approximate surface area is 116 Å². The molecule has 0 aromatic rings. The fraction of sp³-hybridized carbons (Fsp3) is 0.529. The first kappa shape index (κ1) is 12.9. The molecule has 2 aliphatic heterocycles. The molecule has 19 heavy (non-hydrogen) atoms. The Hall–Kier alpha value is -1.12. The third-order valence-electron chi connectivity index (χ3n) is 4.56. The van der Waals surface area contributed by atoms with Gasteiger partial charge in [0.1, 0.15) is 0 Å². The van der Waals surface area contributed by atoms with E-state index in [1.54, 1.807) is 0 Å². The van der Waals surface area contributed by atoms with Crippen molar-refractivity contribution in [2.24, 2.45) is 0 Å². The summed E-state index contributed by atoms with van der Waals surface area (Å²) in [4.78, 5) is 2.69. The summed E-state index contributed by atoms with van der Waals surface area (Å²) in [7, 11) is 0. The number of nitrogens with zero attached hydrogens (tertiary/aromatic N) is 1. The predicted molar refractivity (Wildman–Crippen MR) is 79.1 cm³/mol. The Bertz CT molecular complexity index is 458. The van der Waals surface area contributed by atoms with Crippen molar-refractivity contribution in [3.8, 4) is 0 Å². The summed E-state index contributed by atoms with van der Waals surface area (Å²) >= 11 is 0. The van der Waals surface area contributed by atoms with E-state index >= 15 is 0 Å². The summed E-state index contributed by atoms with van der Waals surface area (Å²) in [6, 6.07) is 1.62. The SMILES string of the molecule is CCC(C)N1C2COCC1C1=C/C=C\C=C/C=C\1C2. The molecule has 3 aliphatic rings. The molecule has 0 amide bonds. The van der Waals surface area contributed by atoms with Crippen LogP contribution in [0.5, 0.6) is 0 Å². The highest BCUT2D eigenvalue weighted by molar-refractivity contribution is 5.45. The van der Waals surface area contributed by atoms with Gasteiger partial charge in [-0.15, -0.1) is 0 Å². The molecule has 0 saturated carbocycles. The molecular weight excluding hydrogens is 234 g/mol. The van der Waals surface area contributed by atoms with E-state index in [0.717, 1.165) is 19.6 Å². The van der Waals surface area contributed by atoms with E-state index in [1.807, 2.05) is 0 Å². The van der Waals surface area contributed by atoms with Crippen molar-refractivity contribution in [2.45, 2.75) is 44.8 Å². The van der Waals surface area contributed by atoms with Crippen LogP contribution >= 0.6 is 0 Å². The van der Waals surface area contributed by atoms with Crippen LogP contribution in [0.2, 0.25) is 0 Å². The molecule has 0 radical (unpaired) electrons. The minimum Gasteiger partial charge on any atom is -0.378 e. The van der Waals surface area contributed by atoms with Crippen LogP contribution < -0.4 is 0 Å². The topological polar surface area (TPSA) is 12.5 Å². The summed E-state index contributed by atoms with van der Waals surface area (Å²) in [5, 5.41) is 0. The van der Waals surface area contributed by atoms with Gasteiger partial charge in [0.05, 0.1) is 19.3 Å². The molecule has 2 heterocycles. The van der Waals surface area contributed by atoms with Crippen molar-refractivity contribution in [2.75, 3.05) is 13.2 Å². The molecule has 2 heteroatoms. The van der Waals surface area contributed by atoms with Gasteiger partial charge in [0.25, 0.3) is 0 Å². The largest absolute Gasteiger partial charge is 0.378 e. The zero-order chi connectivity index (χ0) is 13.2. The maximum Gasteiger partial charge on any atom is 0.0664 e. The Morgan fingerprint density at radius 3 is 2.79 bits per heavy atom. The average Bonchev–Trinajstić information content (AvgIpc) is 2.40. The number of ether oxygens (including phenoxy) is 1. The molecule has 3 rings (SSSR count). The van der Waals surface area contributed by atoms with Gasteiger partial charge in [-0.1, -0.05) is 43.4 Å². The zero-order valence-electron chi connectivity index (χ0n) is 11.9. The third-order valence-corrected chi connectivity index (χ3v) is 4.56. The van der Waals surface area contributed by atoms with Crippen LogP contribution in [-0.4, -0.2) is 36.2 Å². The van der Waals surface area contributed by atoms with Gasteiger partial charge in [0.15, 0.2) is 0 Å². The maximum absolute atomic E-state index is 5.83. The molecule has 3 atom stereocenters. The molecule has 0 N–H and O–H groups in total. The van der Waals surface area contributed by atoms with E-state index in [-0.39, 0.29) is 0 Å². The lowest BCUT2D eigenvalue weighted by atomic mass is 9.82. The summed E-state index contributed by atoms with van der Waals surface area (Å²) in [6.07, 6.45) is 15.4. The first-order chi connectivity index (χ1) is 9.31. The molecule has 2 saturated heterocycles. The standard InChI is InChI=1S/C17H23NO/c1-3-13(2)18-15-10-14-8-6-4-5-7-9-16(14)17(18)12-19-11-15/h4-9,13,15,17H,3,10-12H2,1-2H3/b5-4?,6-4-,7-5-,8-6?,9-7?,14-8-,16-9+. The monoisotopic (exact) mass is 257 g/mol. The highest BCUT2D eigenvalue weighted by Gasteiger charge is 2.41. The summed E-state index contributed by atoms with van der Waals surface area (Å²) in [5.74, 6) is 0. The van der Waals surface area contributed by atoms with Crippen molar-refractivity contribution in [1.82, 2.24) is 4.90 Å². The molecule has 0 aromatic carbocycles. The molecule has 3 unspecified atom stereocenters. The second-order valence-electron chi connectivity index (χ2n) is 5.70. The zero-order valence-corrected chi connectivity index (χ0v) is 11.9. The fourth-order valence-corrected chi connectivity index (χ4v) is 3.46. The lowest BCUT2D eigenvalue weighted by molar-refractivity contribution is -0.0630. The molecule has 1 aliphatic carbocycles. The number of morpholine rings is 1. The van der Waals surface area contributed by atoms with E-state index < -0.39 is 0 Å². The van der Waals surface area contributed by atoms with E-state index in [1.165, 1.54) is 17.6 Å². The highest BCUT2D eigenvalue weighted by Crippen LogP contribution is 2.37. The van der Waals surface area contributed by atoms with E-state index in [9.17, 15) is 0 Å². The van der Waals surface area contributed by atoms with Crippen LogP contribution in [0.3, 0.4) is 0 Å². The van der Waals surface area contributed by atoms with Gasteiger partial charge in [-0.05, 0) is 30.9 Å². The van der Waals surface area contributed by atoms with Crippen molar-refractivity contribution < 1.29 is 4.74 Å². The average molecular weight is 257 g/mol. The Kier molecular flexibility index (Phi) is 3.72. The molecule has 102 valence electrons. The van der Waals surface area contributed by atoms with Crippen LogP contribution in [-0.2, 0) is 4.74 Å². The summed E-state index contributed by atoms with van der Waals surface area (Å²) < 4.78 is 5.83. The van der Waals surface area contributed by atoms with Crippen molar-refractivity contribution in [3.63, 3.8) is 0 Å². The minimum atomic E-state index is 0.435. The lowest BCUT2D eigenvalue weighted by Gasteiger charge is -2.50. The van der Waals surface area contributed by atoms with Gasteiger partial charge in [-0.25, -0.2) is 0 Å². The van der Waals surface area contributed by atoms with E-state index in [0.29, 0.717) is 18.1 Å². The van der Waals surface area contributed by atoms with Gasteiger partial charge in [0, 0.05) is 12.1 Å². The van der Waals surface area contributed by atoms with Crippen LogP contribution in [0.1, 0.15) is 26.7 Å². The van der Waals surface area contributed by atoms with Crippen LogP contribution in [0, 0.1) is 0 Å². The first-order valence-electron chi connectivity index (χ1n) is 7.41. The van der Waals surface area contributed by atoms with Gasteiger partial charge < -0.3 is 4.74 Å². The minimum absolute atomic E-state index is 0.435. The second kappa shape index (κ2) is 5.48. The number of hydrogen-bond acceptors (Lipinski definition) is 2. The Balaban J connectivity index is 1.97. The third kappa shape index (κ3) is 2.35. The summed E-state index contributed by atoms with van der Waals surface area (Å²) in [6.45, 7) is 6.34. The van der Waals surface area contributed by atoms with E-state index in [2.05, 4.69) is 55.2 Å². The quantitative estimate of drug-likeness (QED) is 0.753. The van der Waals surface area contributed by atoms with Gasteiger partial charge >= 0.3 is 0 Å². The number of allylic oxidation sites excluding steroid dienone is 6. The Morgan fingerprint density at radius 2 is 2.00 bits per heavy atom. The molecule has 2 fully saturated rings.